The van der Waals surface area contributed by atoms with Gasteiger partial charge in [-0.1, -0.05) is 12.1 Å². The van der Waals surface area contributed by atoms with Crippen molar-refractivity contribution < 1.29 is 13.5 Å². The number of hydrogen-bond donors (Lipinski definition) is 1. The van der Waals surface area contributed by atoms with Gasteiger partial charge in [-0.2, -0.15) is 0 Å². The zero-order valence-electron chi connectivity index (χ0n) is 10.4. The zero-order chi connectivity index (χ0) is 13.0. The normalized spacial score (nSPS) is 18.9. The van der Waals surface area contributed by atoms with E-state index in [0.29, 0.717) is 24.4 Å². The van der Waals surface area contributed by atoms with Gasteiger partial charge in [-0.3, -0.25) is 4.90 Å². The Bertz CT molecular complexity index is 381. The summed E-state index contributed by atoms with van der Waals surface area (Å²) in [6, 6.07) is 6.11. The number of halogens is 2. The lowest BCUT2D eigenvalue weighted by atomic mass is 10.0. The summed E-state index contributed by atoms with van der Waals surface area (Å²) >= 11 is 0. The number of nitrogens with zero attached hydrogens (tertiary/aromatic N) is 1. The van der Waals surface area contributed by atoms with Crippen molar-refractivity contribution >= 4 is 0 Å². The van der Waals surface area contributed by atoms with E-state index in [9.17, 15) is 8.78 Å². The molecule has 0 unspecified atom stereocenters. The first kappa shape index (κ1) is 13.2. The molecular weight excluding hydrogens is 238 g/mol. The highest BCUT2D eigenvalue weighted by molar-refractivity contribution is 5.31. The maximum Gasteiger partial charge on any atom is 0.258 e. The summed E-state index contributed by atoms with van der Waals surface area (Å²) < 4.78 is 31.7. The molecule has 1 aromatic rings. The maximum atomic E-state index is 13.3. The quantitative estimate of drug-likeness (QED) is 0.890. The Hall–Kier alpha value is -1.20. The molecular formula is C13H18F2N2O. The minimum atomic E-state index is -2.39. The summed E-state index contributed by atoms with van der Waals surface area (Å²) in [5.74, 6) is 0.619. The van der Waals surface area contributed by atoms with Gasteiger partial charge in [0.05, 0.1) is 13.2 Å². The van der Waals surface area contributed by atoms with Gasteiger partial charge in [0.25, 0.3) is 6.43 Å². The second-order valence-electron chi connectivity index (χ2n) is 4.34. The third kappa shape index (κ3) is 2.97. The van der Waals surface area contributed by atoms with Gasteiger partial charge in [-0.15, -0.1) is 0 Å². The molecule has 0 amide bonds. The van der Waals surface area contributed by atoms with Gasteiger partial charge in [0.15, 0.2) is 0 Å². The number of alkyl halides is 2. The molecule has 1 saturated heterocycles. The summed E-state index contributed by atoms with van der Waals surface area (Å²) in [7, 11) is 1.54. The van der Waals surface area contributed by atoms with E-state index in [4.69, 9.17) is 4.74 Å². The Morgan fingerprint density at radius 3 is 2.61 bits per heavy atom. The third-order valence-corrected chi connectivity index (χ3v) is 3.22. The van der Waals surface area contributed by atoms with Crippen molar-refractivity contribution in [1.29, 1.82) is 0 Å². The molecule has 1 atom stereocenters. The van der Waals surface area contributed by atoms with Crippen LogP contribution in [0.15, 0.2) is 24.3 Å². The predicted molar refractivity (Wildman–Crippen MR) is 66.2 cm³/mol. The molecule has 0 saturated carbocycles. The highest BCUT2D eigenvalue weighted by Crippen LogP contribution is 2.29. The van der Waals surface area contributed by atoms with Crippen LogP contribution in [0, 0.1) is 0 Å². The summed E-state index contributed by atoms with van der Waals surface area (Å²) in [6.45, 7) is 2.80. The fraction of sp³-hybridized carbons (Fsp3) is 0.538. The number of rotatable bonds is 4. The van der Waals surface area contributed by atoms with Crippen LogP contribution in [0.25, 0.3) is 0 Å². The largest absolute Gasteiger partial charge is 0.497 e. The van der Waals surface area contributed by atoms with Gasteiger partial charge in [0.1, 0.15) is 5.75 Å². The molecule has 0 bridgehead atoms. The molecule has 1 N–H and O–H groups in total. The average Bonchev–Trinajstić information content (AvgIpc) is 2.40. The molecule has 100 valence electrons. The maximum absolute atomic E-state index is 13.3. The molecule has 1 aromatic carbocycles. The van der Waals surface area contributed by atoms with E-state index in [1.807, 2.05) is 4.90 Å². The summed E-state index contributed by atoms with van der Waals surface area (Å²) in [5, 5.41) is 3.17. The first-order valence-electron chi connectivity index (χ1n) is 6.09. The minimum absolute atomic E-state index is 0.617. The van der Waals surface area contributed by atoms with Crippen molar-refractivity contribution in [2.24, 2.45) is 0 Å². The standard InChI is InChI=1S/C13H18F2N2O/c1-18-11-4-2-3-10(9-11)12(13(14)15)17-7-5-16-6-8-17/h2-4,9,12-13,16H,5-8H2,1H3/t12-/m0/s1. The number of hydrogen-bond acceptors (Lipinski definition) is 3. The highest BCUT2D eigenvalue weighted by Gasteiger charge is 2.30. The van der Waals surface area contributed by atoms with Gasteiger partial charge in [0.2, 0.25) is 0 Å². The van der Waals surface area contributed by atoms with Crippen molar-refractivity contribution in [1.82, 2.24) is 10.2 Å². The van der Waals surface area contributed by atoms with E-state index in [-0.39, 0.29) is 0 Å². The number of nitrogens with one attached hydrogen (secondary N) is 1. The van der Waals surface area contributed by atoms with Gasteiger partial charge in [-0.25, -0.2) is 8.78 Å². The van der Waals surface area contributed by atoms with Crippen LogP contribution in [0.4, 0.5) is 8.78 Å². The molecule has 0 spiro atoms. The summed E-state index contributed by atoms with van der Waals surface area (Å²) in [6.07, 6.45) is -2.39. The molecule has 5 heteroatoms. The fourth-order valence-electron chi connectivity index (χ4n) is 2.30. The number of methoxy groups -OCH3 is 1. The van der Waals surface area contributed by atoms with E-state index in [0.717, 1.165) is 13.1 Å². The predicted octanol–water partition coefficient (Wildman–Crippen LogP) is 1.91. The van der Waals surface area contributed by atoms with Crippen LogP contribution in [0.2, 0.25) is 0 Å². The van der Waals surface area contributed by atoms with E-state index in [1.165, 1.54) is 0 Å². The molecule has 0 aromatic heterocycles. The van der Waals surface area contributed by atoms with Gasteiger partial charge < -0.3 is 10.1 Å². The first-order chi connectivity index (χ1) is 8.72. The van der Waals surface area contributed by atoms with Gasteiger partial charge in [0, 0.05) is 26.2 Å². The molecule has 1 heterocycles. The third-order valence-electron chi connectivity index (χ3n) is 3.22. The van der Waals surface area contributed by atoms with Crippen molar-refractivity contribution in [2.45, 2.75) is 12.5 Å². The molecule has 1 fully saturated rings. The average molecular weight is 256 g/mol. The van der Waals surface area contributed by atoms with Crippen molar-refractivity contribution in [3.05, 3.63) is 29.8 Å². The summed E-state index contributed by atoms with van der Waals surface area (Å²) in [4.78, 5) is 1.83. The lowest BCUT2D eigenvalue weighted by molar-refractivity contribution is 0.0181. The smallest absolute Gasteiger partial charge is 0.258 e. The van der Waals surface area contributed by atoms with E-state index in [2.05, 4.69) is 5.32 Å². The topological polar surface area (TPSA) is 24.5 Å². The van der Waals surface area contributed by atoms with Crippen LogP contribution in [-0.4, -0.2) is 44.6 Å². The van der Waals surface area contributed by atoms with Crippen LogP contribution < -0.4 is 10.1 Å². The van der Waals surface area contributed by atoms with Crippen LogP contribution in [0.3, 0.4) is 0 Å². The van der Waals surface area contributed by atoms with Crippen LogP contribution >= 0.6 is 0 Å². The number of piperazine rings is 1. The first-order valence-corrected chi connectivity index (χ1v) is 6.09. The highest BCUT2D eigenvalue weighted by atomic mass is 19.3. The Morgan fingerprint density at radius 2 is 2.00 bits per heavy atom. The zero-order valence-corrected chi connectivity index (χ0v) is 10.4. The van der Waals surface area contributed by atoms with Gasteiger partial charge >= 0.3 is 0 Å². The van der Waals surface area contributed by atoms with Gasteiger partial charge in [-0.05, 0) is 17.7 Å². The molecule has 3 nitrogen and oxygen atoms in total. The number of benzene rings is 1. The van der Waals surface area contributed by atoms with Crippen molar-refractivity contribution in [2.75, 3.05) is 33.3 Å². The SMILES string of the molecule is COc1cccc([C@@H](C(F)F)N2CCNCC2)c1. The van der Waals surface area contributed by atoms with Crippen molar-refractivity contribution in [3.8, 4) is 5.75 Å². The minimum Gasteiger partial charge on any atom is -0.497 e. The Labute approximate surface area is 106 Å². The fourth-order valence-corrected chi connectivity index (χ4v) is 2.30. The molecule has 2 rings (SSSR count). The molecule has 0 aliphatic carbocycles. The van der Waals surface area contributed by atoms with Crippen LogP contribution in [-0.2, 0) is 0 Å². The van der Waals surface area contributed by atoms with E-state index in [1.54, 1.807) is 31.4 Å². The summed E-state index contributed by atoms with van der Waals surface area (Å²) in [5.41, 5.74) is 0.617. The second-order valence-corrected chi connectivity index (χ2v) is 4.34. The monoisotopic (exact) mass is 256 g/mol. The molecule has 1 aliphatic heterocycles. The van der Waals surface area contributed by atoms with Crippen LogP contribution in [0.5, 0.6) is 5.75 Å². The lowest BCUT2D eigenvalue weighted by Crippen LogP contribution is -2.46. The van der Waals surface area contributed by atoms with E-state index >= 15 is 0 Å². The Balaban J connectivity index is 2.22. The molecule has 1 aliphatic rings. The lowest BCUT2D eigenvalue weighted by Gasteiger charge is -2.34. The Kier molecular flexibility index (Phi) is 4.49. The molecule has 18 heavy (non-hydrogen) atoms. The second kappa shape index (κ2) is 6.11. The van der Waals surface area contributed by atoms with Crippen LogP contribution in [0.1, 0.15) is 11.6 Å². The number of ether oxygens (including phenoxy) is 1. The van der Waals surface area contributed by atoms with Crippen molar-refractivity contribution in [3.63, 3.8) is 0 Å². The molecule has 0 radical (unpaired) electrons. The Morgan fingerprint density at radius 1 is 1.28 bits per heavy atom. The van der Waals surface area contributed by atoms with E-state index < -0.39 is 12.5 Å².